The monoisotopic (exact) mass is 1100 g/mol. The Balaban J connectivity index is 0.939. The maximum Gasteiger partial charge on any atom is 0.0462 e. The Bertz CT molecular complexity index is 3380. The van der Waals surface area contributed by atoms with Gasteiger partial charge in [0.1, 0.15) is 0 Å². The van der Waals surface area contributed by atoms with Crippen molar-refractivity contribution in [1.82, 2.24) is 0 Å². The molecule has 1 aliphatic carbocycles. The van der Waals surface area contributed by atoms with Gasteiger partial charge in [0, 0.05) is 49.3 Å². The molecule has 10 rings (SSSR count). The van der Waals surface area contributed by atoms with Crippen LogP contribution in [0, 0.1) is 13.8 Å². The van der Waals surface area contributed by atoms with Crippen molar-refractivity contribution in [3.8, 4) is 43.8 Å². The second kappa shape index (κ2) is 28.4. The van der Waals surface area contributed by atoms with Gasteiger partial charge in [-0.3, -0.25) is 0 Å². The molecule has 0 N–H and O–H groups in total. The number of benzene rings is 8. The third-order valence-corrected chi connectivity index (χ3v) is 18.7. The van der Waals surface area contributed by atoms with Gasteiger partial charge in [0.15, 0.2) is 0 Å². The molecule has 0 atom stereocenters. The summed E-state index contributed by atoms with van der Waals surface area (Å²) in [6.07, 6.45) is 25.4. The van der Waals surface area contributed by atoms with Gasteiger partial charge in [-0.05, 0) is 205 Å². The summed E-state index contributed by atoms with van der Waals surface area (Å²) >= 11 is 1.85. The Morgan fingerprint density at radius 2 is 0.671 bits per heavy atom. The molecule has 1 aromatic heterocycles. The minimum atomic E-state index is 0.0495. The molecule has 2 nitrogen and oxygen atoms in total. The molecule has 82 heavy (non-hydrogen) atoms. The van der Waals surface area contributed by atoms with Gasteiger partial charge in [-0.2, -0.15) is 0 Å². The molecule has 1 aliphatic rings. The van der Waals surface area contributed by atoms with Crippen LogP contribution >= 0.6 is 11.3 Å². The van der Waals surface area contributed by atoms with E-state index in [9.17, 15) is 0 Å². The average Bonchev–Trinajstić information content (AvgIpc) is 2.30. The van der Waals surface area contributed by atoms with Gasteiger partial charge >= 0.3 is 0 Å². The summed E-state index contributed by atoms with van der Waals surface area (Å²) in [7, 11) is 0. The lowest BCUT2D eigenvalue weighted by Gasteiger charge is -2.33. The molecular formula is C79H90N2S. The smallest absolute Gasteiger partial charge is 0.0462 e. The van der Waals surface area contributed by atoms with E-state index in [-0.39, 0.29) is 5.41 Å². The van der Waals surface area contributed by atoms with Gasteiger partial charge in [0.05, 0.1) is 0 Å². The summed E-state index contributed by atoms with van der Waals surface area (Å²) in [5.74, 6) is 0. The van der Waals surface area contributed by atoms with Crippen molar-refractivity contribution in [2.24, 2.45) is 0 Å². The van der Waals surface area contributed by atoms with E-state index in [0.717, 1.165) is 41.3 Å². The summed E-state index contributed by atoms with van der Waals surface area (Å²) in [6.45, 7) is 13.7. The van der Waals surface area contributed by atoms with Gasteiger partial charge < -0.3 is 9.80 Å². The first-order valence-electron chi connectivity index (χ1n) is 31.8. The van der Waals surface area contributed by atoms with Crippen molar-refractivity contribution in [2.75, 3.05) is 9.80 Å². The van der Waals surface area contributed by atoms with Crippen LogP contribution in [0.2, 0.25) is 0 Å². The van der Waals surface area contributed by atoms with Crippen LogP contribution in [0.5, 0.6) is 0 Å². The average molecular weight is 1100 g/mol. The van der Waals surface area contributed by atoms with Crippen molar-refractivity contribution in [1.29, 1.82) is 0 Å². The molecule has 1 heterocycles. The lowest BCUT2D eigenvalue weighted by atomic mass is 9.70. The highest BCUT2D eigenvalue weighted by Gasteiger charge is 2.42. The fourth-order valence-corrected chi connectivity index (χ4v) is 13.8. The highest BCUT2D eigenvalue weighted by molar-refractivity contribution is 7.15. The van der Waals surface area contributed by atoms with Gasteiger partial charge in [-0.1, -0.05) is 226 Å². The Hall–Kier alpha value is -6.94. The quantitative estimate of drug-likeness (QED) is 0.0431. The zero-order valence-electron chi connectivity index (χ0n) is 50.4. The lowest BCUT2D eigenvalue weighted by molar-refractivity contribution is 0.398. The SMILES string of the molecule is CCCCCCCCC1(CCCCCCCC)c2cc(C)ccc2-c2ccc(-c3ccc(N(c4ccc(CCCC)cc4)c4ccc(-c5ccc(N(c6ccc(CCCC)cc6)c6ccc(-c7ccc(C)s7)cc6)cc5)cc4)cc3)cc21. The van der Waals surface area contributed by atoms with E-state index in [4.69, 9.17) is 0 Å². The molecule has 0 radical (unpaired) electrons. The number of hydrogen-bond acceptors (Lipinski definition) is 3. The molecule has 0 unspecified atom stereocenters. The van der Waals surface area contributed by atoms with E-state index < -0.39 is 0 Å². The third kappa shape index (κ3) is 13.8. The number of fused-ring (bicyclic) bond motifs is 3. The highest BCUT2D eigenvalue weighted by atomic mass is 32.1. The summed E-state index contributed by atoms with van der Waals surface area (Å²) in [5.41, 5.74) is 23.4. The summed E-state index contributed by atoms with van der Waals surface area (Å²) in [6, 6.07) is 74.6. The van der Waals surface area contributed by atoms with Gasteiger partial charge in [-0.25, -0.2) is 0 Å². The molecule has 8 aromatic carbocycles. The molecule has 0 saturated carbocycles. The second-order valence-corrected chi connectivity index (χ2v) is 25.0. The number of nitrogens with zero attached hydrogens (tertiary/aromatic N) is 2. The minimum absolute atomic E-state index is 0.0495. The van der Waals surface area contributed by atoms with E-state index in [2.05, 4.69) is 245 Å². The van der Waals surface area contributed by atoms with E-state index in [1.165, 1.54) is 187 Å². The standard InChI is InChI=1S/C79H90N2S/c1-7-11-15-17-19-21-55-79(56-22-20-18-16-12-8-2)76-57-59(5)25-52-74(76)75-53-39-67(58-77(75)79)65-35-48-72(49-36-65)80(68-40-27-61(28-41-68)23-13-9-3)70-44-31-63(32-45-70)64-33-46-71(47-34-64)81(69-42-29-62(30-43-69)24-14-10-4)73-50-37-66(38-51-73)78-54-26-60(6)82-78/h25-54,57-58H,7-24,55-56H2,1-6H3. The molecule has 0 bridgehead atoms. The number of aryl methyl sites for hydroxylation is 4. The highest BCUT2D eigenvalue weighted by Crippen LogP contribution is 2.55. The van der Waals surface area contributed by atoms with Gasteiger partial charge in [0.25, 0.3) is 0 Å². The predicted molar refractivity (Wildman–Crippen MR) is 359 cm³/mol. The lowest BCUT2D eigenvalue weighted by Crippen LogP contribution is -2.25. The molecule has 0 amide bonds. The fourth-order valence-electron chi connectivity index (χ4n) is 12.9. The van der Waals surface area contributed by atoms with Crippen molar-refractivity contribution in [3.63, 3.8) is 0 Å². The largest absolute Gasteiger partial charge is 0.311 e. The van der Waals surface area contributed by atoms with Crippen LogP contribution in [-0.4, -0.2) is 0 Å². The zero-order chi connectivity index (χ0) is 56.7. The first-order chi connectivity index (χ1) is 40.3. The third-order valence-electron chi connectivity index (χ3n) is 17.7. The Morgan fingerprint density at radius 3 is 1.09 bits per heavy atom. The maximum atomic E-state index is 2.61. The Morgan fingerprint density at radius 1 is 0.317 bits per heavy atom. The van der Waals surface area contributed by atoms with E-state index in [1.807, 2.05) is 11.3 Å². The van der Waals surface area contributed by atoms with Crippen molar-refractivity contribution >= 4 is 45.5 Å². The van der Waals surface area contributed by atoms with Gasteiger partial charge in [0.2, 0.25) is 0 Å². The number of thiophene rings is 1. The Labute approximate surface area is 498 Å². The number of hydrogen-bond donors (Lipinski definition) is 0. The molecular weight excluding hydrogens is 1010 g/mol. The second-order valence-electron chi connectivity index (χ2n) is 23.7. The molecule has 3 heteroatoms. The van der Waals surface area contributed by atoms with Crippen LogP contribution in [0.4, 0.5) is 34.1 Å². The molecule has 0 saturated heterocycles. The number of rotatable bonds is 29. The molecule has 0 spiro atoms. The van der Waals surface area contributed by atoms with Crippen LogP contribution in [0.15, 0.2) is 194 Å². The molecule has 0 aliphatic heterocycles. The molecule has 9 aromatic rings. The van der Waals surface area contributed by atoms with Crippen LogP contribution in [0.25, 0.3) is 43.8 Å². The zero-order valence-corrected chi connectivity index (χ0v) is 51.2. The van der Waals surface area contributed by atoms with Crippen molar-refractivity contribution in [2.45, 2.75) is 175 Å². The number of unbranched alkanes of at least 4 members (excludes halogenated alkanes) is 12. The first kappa shape index (κ1) is 58.3. The van der Waals surface area contributed by atoms with Crippen LogP contribution in [0.1, 0.15) is 176 Å². The maximum absolute atomic E-state index is 2.61. The van der Waals surface area contributed by atoms with E-state index in [1.54, 1.807) is 11.1 Å². The van der Waals surface area contributed by atoms with Crippen LogP contribution in [0.3, 0.4) is 0 Å². The fraction of sp³-hybridized carbons (Fsp3) is 0.342. The normalized spacial score (nSPS) is 12.4. The Kier molecular flexibility index (Phi) is 20.2. The molecule has 0 fully saturated rings. The summed E-state index contributed by atoms with van der Waals surface area (Å²) < 4.78 is 0. The first-order valence-corrected chi connectivity index (χ1v) is 32.6. The predicted octanol–water partition coefficient (Wildman–Crippen LogP) is 24.8. The van der Waals surface area contributed by atoms with Crippen LogP contribution in [-0.2, 0) is 18.3 Å². The number of anilines is 6. The summed E-state index contributed by atoms with van der Waals surface area (Å²) in [4.78, 5) is 7.46. The summed E-state index contributed by atoms with van der Waals surface area (Å²) in [5, 5.41) is 0. The van der Waals surface area contributed by atoms with Crippen LogP contribution < -0.4 is 9.80 Å². The van der Waals surface area contributed by atoms with Crippen molar-refractivity contribution in [3.05, 3.63) is 227 Å². The van der Waals surface area contributed by atoms with E-state index in [0.29, 0.717) is 0 Å². The van der Waals surface area contributed by atoms with Gasteiger partial charge in [-0.15, -0.1) is 11.3 Å². The molecule has 422 valence electrons. The van der Waals surface area contributed by atoms with E-state index >= 15 is 0 Å². The van der Waals surface area contributed by atoms with Crippen molar-refractivity contribution < 1.29 is 0 Å². The minimum Gasteiger partial charge on any atom is -0.311 e. The topological polar surface area (TPSA) is 6.48 Å².